The molecule has 3 rings (SSSR count). The number of halogens is 1. The van der Waals surface area contributed by atoms with Gasteiger partial charge in [-0.25, -0.2) is 15.0 Å². The number of anilines is 1. The summed E-state index contributed by atoms with van der Waals surface area (Å²) in [5.41, 5.74) is 8.12. The number of nitrogens with one attached hydrogen (secondary N) is 1. The van der Waals surface area contributed by atoms with Crippen LogP contribution < -0.4 is 5.73 Å². The summed E-state index contributed by atoms with van der Waals surface area (Å²) in [4.78, 5) is 15.1. The van der Waals surface area contributed by atoms with Gasteiger partial charge in [-0.1, -0.05) is 17.7 Å². The molecule has 0 atom stereocenters. The highest BCUT2D eigenvalue weighted by Gasteiger charge is 2.08. The first kappa shape index (κ1) is 10.0. The molecule has 1 aromatic carbocycles. The van der Waals surface area contributed by atoms with Crippen LogP contribution in [0.2, 0.25) is 5.15 Å². The van der Waals surface area contributed by atoms with Gasteiger partial charge in [-0.05, 0) is 12.1 Å². The lowest BCUT2D eigenvalue weighted by molar-refractivity contribution is 1.23. The molecule has 0 saturated carbocycles. The van der Waals surface area contributed by atoms with E-state index in [1.165, 1.54) is 6.33 Å². The maximum atomic E-state index is 5.98. The molecule has 84 valence electrons. The van der Waals surface area contributed by atoms with Crippen LogP contribution in [0.3, 0.4) is 0 Å². The minimum atomic E-state index is 0.467. The van der Waals surface area contributed by atoms with Crippen molar-refractivity contribution in [2.45, 2.75) is 0 Å². The second-order valence-corrected chi connectivity index (χ2v) is 3.93. The Bertz CT molecular complexity index is 691. The topological polar surface area (TPSA) is 80.5 Å². The van der Waals surface area contributed by atoms with Crippen LogP contribution in [-0.2, 0) is 0 Å². The third-order valence-electron chi connectivity index (χ3n) is 2.53. The van der Waals surface area contributed by atoms with Crippen molar-refractivity contribution in [3.63, 3.8) is 0 Å². The highest BCUT2D eigenvalue weighted by Crippen LogP contribution is 2.27. The minimum absolute atomic E-state index is 0.467. The van der Waals surface area contributed by atoms with Gasteiger partial charge in [0.2, 0.25) is 0 Å². The van der Waals surface area contributed by atoms with Crippen LogP contribution in [0, 0.1) is 0 Å². The maximum Gasteiger partial charge on any atom is 0.134 e. The molecule has 3 N–H and O–H groups in total. The average Bonchev–Trinajstić information content (AvgIpc) is 2.75. The number of nitrogens with two attached hydrogens (primary N) is 1. The number of nitrogen functional groups attached to an aromatic ring is 1. The molecule has 0 saturated heterocycles. The van der Waals surface area contributed by atoms with Crippen LogP contribution in [0.4, 0.5) is 5.82 Å². The Hall–Kier alpha value is -2.14. The van der Waals surface area contributed by atoms with Gasteiger partial charge in [-0.2, -0.15) is 0 Å². The number of hydrogen-bond donors (Lipinski definition) is 2. The quantitative estimate of drug-likeness (QED) is 0.689. The van der Waals surface area contributed by atoms with E-state index in [0.29, 0.717) is 16.7 Å². The summed E-state index contributed by atoms with van der Waals surface area (Å²) >= 11 is 5.98. The maximum absolute atomic E-state index is 5.98. The first-order valence-corrected chi connectivity index (χ1v) is 5.33. The monoisotopic (exact) mass is 245 g/mol. The molecular weight excluding hydrogens is 238 g/mol. The molecule has 0 spiro atoms. The molecule has 0 aliphatic carbocycles. The molecular formula is C11H8ClN5. The Balaban J connectivity index is 2.24. The Kier molecular flexibility index (Phi) is 2.19. The average molecular weight is 246 g/mol. The number of hydrogen-bond acceptors (Lipinski definition) is 4. The van der Waals surface area contributed by atoms with Crippen molar-refractivity contribution in [1.82, 2.24) is 19.9 Å². The van der Waals surface area contributed by atoms with E-state index in [9.17, 15) is 0 Å². The first-order chi connectivity index (χ1) is 8.25. The molecule has 3 aromatic rings. The van der Waals surface area contributed by atoms with Gasteiger partial charge in [0.25, 0.3) is 0 Å². The van der Waals surface area contributed by atoms with Crippen molar-refractivity contribution >= 4 is 28.3 Å². The van der Waals surface area contributed by atoms with E-state index in [2.05, 4.69) is 19.9 Å². The Morgan fingerprint density at radius 3 is 2.82 bits per heavy atom. The largest absolute Gasteiger partial charge is 0.383 e. The molecule has 6 heteroatoms. The zero-order valence-electron chi connectivity index (χ0n) is 8.68. The molecule has 2 aromatic heterocycles. The van der Waals surface area contributed by atoms with Crippen molar-refractivity contribution in [3.8, 4) is 11.3 Å². The summed E-state index contributed by atoms with van der Waals surface area (Å²) < 4.78 is 0. The number of aromatic nitrogens is 4. The van der Waals surface area contributed by atoms with Gasteiger partial charge in [0.1, 0.15) is 23.0 Å². The lowest BCUT2D eigenvalue weighted by Gasteiger charge is -2.02. The van der Waals surface area contributed by atoms with Crippen LogP contribution in [0.5, 0.6) is 0 Å². The van der Waals surface area contributed by atoms with Crippen molar-refractivity contribution in [1.29, 1.82) is 0 Å². The van der Waals surface area contributed by atoms with E-state index in [0.717, 1.165) is 16.5 Å². The molecule has 2 heterocycles. The summed E-state index contributed by atoms with van der Waals surface area (Å²) in [6.07, 6.45) is 2.99. The van der Waals surface area contributed by atoms with E-state index in [1.807, 2.05) is 18.2 Å². The smallest absolute Gasteiger partial charge is 0.134 e. The fourth-order valence-electron chi connectivity index (χ4n) is 1.70. The third kappa shape index (κ3) is 1.60. The summed E-state index contributed by atoms with van der Waals surface area (Å²) in [5, 5.41) is 1.33. The number of nitrogens with zero attached hydrogens (tertiary/aromatic N) is 3. The molecule has 0 amide bonds. The highest BCUT2D eigenvalue weighted by molar-refractivity contribution is 6.31. The highest BCUT2D eigenvalue weighted by atomic mass is 35.5. The van der Waals surface area contributed by atoms with Gasteiger partial charge in [0, 0.05) is 10.9 Å². The molecule has 0 bridgehead atoms. The SMILES string of the molecule is Nc1ncnc2cc(-c3nc[nH]c3Cl)ccc12. The second kappa shape index (κ2) is 3.71. The van der Waals surface area contributed by atoms with E-state index in [-0.39, 0.29) is 0 Å². The summed E-state index contributed by atoms with van der Waals surface area (Å²) in [7, 11) is 0. The number of rotatable bonds is 1. The van der Waals surface area contributed by atoms with Crippen molar-refractivity contribution < 1.29 is 0 Å². The van der Waals surface area contributed by atoms with Gasteiger partial charge in [-0.3, -0.25) is 0 Å². The van der Waals surface area contributed by atoms with Gasteiger partial charge in [-0.15, -0.1) is 0 Å². The molecule has 5 nitrogen and oxygen atoms in total. The Labute approximate surface area is 102 Å². The lowest BCUT2D eigenvalue weighted by Crippen LogP contribution is -1.93. The van der Waals surface area contributed by atoms with Crippen LogP contribution in [-0.4, -0.2) is 19.9 Å². The van der Waals surface area contributed by atoms with Crippen molar-refractivity contribution in [2.75, 3.05) is 5.73 Å². The summed E-state index contributed by atoms with van der Waals surface area (Å²) in [5.74, 6) is 0.467. The van der Waals surface area contributed by atoms with E-state index >= 15 is 0 Å². The number of aromatic amines is 1. The van der Waals surface area contributed by atoms with Crippen LogP contribution in [0.15, 0.2) is 30.9 Å². The van der Waals surface area contributed by atoms with Crippen LogP contribution in [0.25, 0.3) is 22.2 Å². The fraction of sp³-hybridized carbons (Fsp3) is 0. The summed E-state index contributed by atoms with van der Waals surface area (Å²) in [6.45, 7) is 0. The predicted octanol–water partition coefficient (Wildman–Crippen LogP) is 2.26. The number of imidazole rings is 1. The fourth-order valence-corrected chi connectivity index (χ4v) is 1.91. The molecule has 0 fully saturated rings. The number of H-pyrrole nitrogens is 1. The standard InChI is InChI=1S/C11H8ClN5/c12-10-9(15-5-16-10)6-1-2-7-8(3-6)14-4-17-11(7)13/h1-5H,(H,15,16)(H2,13,14,17). The van der Waals surface area contributed by atoms with Gasteiger partial charge < -0.3 is 10.7 Å². The predicted molar refractivity (Wildman–Crippen MR) is 66.5 cm³/mol. The van der Waals surface area contributed by atoms with E-state index < -0.39 is 0 Å². The van der Waals surface area contributed by atoms with E-state index in [4.69, 9.17) is 17.3 Å². The van der Waals surface area contributed by atoms with Crippen molar-refractivity contribution in [2.24, 2.45) is 0 Å². The Morgan fingerprint density at radius 2 is 2.06 bits per heavy atom. The van der Waals surface area contributed by atoms with Crippen LogP contribution >= 0.6 is 11.6 Å². The second-order valence-electron chi connectivity index (χ2n) is 3.56. The normalized spacial score (nSPS) is 10.9. The minimum Gasteiger partial charge on any atom is -0.383 e. The zero-order valence-corrected chi connectivity index (χ0v) is 9.44. The molecule has 0 aliphatic rings. The first-order valence-electron chi connectivity index (χ1n) is 4.95. The summed E-state index contributed by atoms with van der Waals surface area (Å²) in [6, 6.07) is 5.64. The van der Waals surface area contributed by atoms with E-state index in [1.54, 1.807) is 6.33 Å². The van der Waals surface area contributed by atoms with Gasteiger partial charge in [0.15, 0.2) is 0 Å². The zero-order chi connectivity index (χ0) is 11.8. The Morgan fingerprint density at radius 1 is 1.18 bits per heavy atom. The molecule has 0 radical (unpaired) electrons. The van der Waals surface area contributed by atoms with Gasteiger partial charge >= 0.3 is 0 Å². The van der Waals surface area contributed by atoms with Crippen molar-refractivity contribution in [3.05, 3.63) is 36.0 Å². The van der Waals surface area contributed by atoms with Crippen LogP contribution in [0.1, 0.15) is 0 Å². The number of fused-ring (bicyclic) bond motifs is 1. The molecule has 0 unspecified atom stereocenters. The third-order valence-corrected chi connectivity index (χ3v) is 2.82. The van der Waals surface area contributed by atoms with Gasteiger partial charge in [0.05, 0.1) is 11.8 Å². The molecule has 17 heavy (non-hydrogen) atoms. The molecule has 0 aliphatic heterocycles. The number of benzene rings is 1. The lowest BCUT2D eigenvalue weighted by atomic mass is 10.1.